The lowest BCUT2D eigenvalue weighted by molar-refractivity contribution is 0.0526. The van der Waals surface area contributed by atoms with Crippen LogP contribution in [0, 0.1) is 0 Å². The highest BCUT2D eigenvalue weighted by Gasteiger charge is 2.11. The van der Waals surface area contributed by atoms with Gasteiger partial charge in [0, 0.05) is 12.2 Å². The van der Waals surface area contributed by atoms with Gasteiger partial charge >= 0.3 is 5.97 Å². The molecule has 4 nitrogen and oxygen atoms in total. The molecule has 0 atom stereocenters. The molecule has 0 saturated heterocycles. The molecule has 2 aromatic rings. The number of hydrogen-bond acceptors (Lipinski definition) is 4. The van der Waals surface area contributed by atoms with Crippen molar-refractivity contribution in [1.29, 1.82) is 0 Å². The number of benzene rings is 2. The lowest BCUT2D eigenvalue weighted by atomic mass is 10.2. The number of carbonyl (C=O) groups excluding carboxylic acids is 1. The Balaban J connectivity index is 2.02. The first-order valence-corrected chi connectivity index (χ1v) is 8.82. The maximum atomic E-state index is 11.6. The van der Waals surface area contributed by atoms with Crippen molar-refractivity contribution in [2.45, 2.75) is 33.4 Å². The fourth-order valence-corrected chi connectivity index (χ4v) is 2.83. The molecular weight excluding hydrogens is 361 g/mol. The maximum absolute atomic E-state index is 11.6. The Morgan fingerprint density at radius 3 is 2.24 bits per heavy atom. The van der Waals surface area contributed by atoms with Crippen molar-refractivity contribution in [2.75, 3.05) is 11.9 Å². The van der Waals surface area contributed by atoms with Gasteiger partial charge in [0.15, 0.2) is 5.75 Å². The van der Waals surface area contributed by atoms with E-state index in [0.717, 1.165) is 11.3 Å². The van der Waals surface area contributed by atoms with E-state index in [4.69, 9.17) is 32.7 Å². The van der Waals surface area contributed by atoms with Crippen molar-refractivity contribution < 1.29 is 14.3 Å². The molecule has 1 N–H and O–H groups in total. The van der Waals surface area contributed by atoms with E-state index in [1.165, 1.54) is 0 Å². The Labute approximate surface area is 158 Å². The Morgan fingerprint density at radius 2 is 1.72 bits per heavy atom. The van der Waals surface area contributed by atoms with Gasteiger partial charge in [0.25, 0.3) is 0 Å². The van der Waals surface area contributed by atoms with Crippen LogP contribution in [0.1, 0.15) is 36.7 Å². The molecule has 2 aromatic carbocycles. The zero-order valence-corrected chi connectivity index (χ0v) is 15.9. The van der Waals surface area contributed by atoms with Crippen molar-refractivity contribution in [3.8, 4) is 5.75 Å². The van der Waals surface area contributed by atoms with Crippen LogP contribution in [0.15, 0.2) is 36.4 Å². The molecule has 0 aliphatic heterocycles. The second-order valence-corrected chi connectivity index (χ2v) is 6.52. The molecule has 0 amide bonds. The van der Waals surface area contributed by atoms with Gasteiger partial charge in [0.2, 0.25) is 0 Å². The summed E-state index contributed by atoms with van der Waals surface area (Å²) in [6.45, 7) is 6.52. The van der Waals surface area contributed by atoms with Gasteiger partial charge in [0.1, 0.15) is 0 Å². The van der Waals surface area contributed by atoms with Crippen LogP contribution < -0.4 is 10.1 Å². The minimum atomic E-state index is -0.326. The summed E-state index contributed by atoms with van der Waals surface area (Å²) in [5, 5.41) is 4.23. The van der Waals surface area contributed by atoms with Crippen molar-refractivity contribution >= 4 is 34.9 Å². The normalized spacial score (nSPS) is 10.6. The van der Waals surface area contributed by atoms with Crippen molar-refractivity contribution in [3.63, 3.8) is 0 Å². The second kappa shape index (κ2) is 8.97. The van der Waals surface area contributed by atoms with Crippen LogP contribution in [0.25, 0.3) is 0 Å². The lowest BCUT2D eigenvalue weighted by Crippen LogP contribution is -2.07. The molecule has 25 heavy (non-hydrogen) atoms. The number of anilines is 1. The van der Waals surface area contributed by atoms with Crippen LogP contribution in [0.4, 0.5) is 5.69 Å². The third-order valence-corrected chi connectivity index (χ3v) is 3.87. The summed E-state index contributed by atoms with van der Waals surface area (Å²) in [7, 11) is 0. The van der Waals surface area contributed by atoms with Crippen molar-refractivity contribution in [1.82, 2.24) is 0 Å². The molecular formula is C19H21Cl2NO3. The smallest absolute Gasteiger partial charge is 0.338 e. The van der Waals surface area contributed by atoms with E-state index in [-0.39, 0.29) is 12.1 Å². The second-order valence-electron chi connectivity index (χ2n) is 5.71. The molecule has 0 radical (unpaired) electrons. The van der Waals surface area contributed by atoms with Gasteiger partial charge in [-0.15, -0.1) is 0 Å². The van der Waals surface area contributed by atoms with Gasteiger partial charge in [-0.1, -0.05) is 23.2 Å². The molecule has 0 fully saturated rings. The maximum Gasteiger partial charge on any atom is 0.338 e. The average Bonchev–Trinajstić information content (AvgIpc) is 2.57. The topological polar surface area (TPSA) is 47.6 Å². The van der Waals surface area contributed by atoms with E-state index in [1.54, 1.807) is 19.1 Å². The third kappa shape index (κ3) is 5.55. The molecule has 2 rings (SSSR count). The summed E-state index contributed by atoms with van der Waals surface area (Å²) < 4.78 is 10.6. The molecule has 0 bridgehead atoms. The van der Waals surface area contributed by atoms with Gasteiger partial charge < -0.3 is 14.8 Å². The third-order valence-electron chi connectivity index (χ3n) is 3.30. The Morgan fingerprint density at radius 1 is 1.12 bits per heavy atom. The predicted octanol–water partition coefficient (Wildman–Crippen LogP) is 5.57. The van der Waals surface area contributed by atoms with E-state index in [0.29, 0.717) is 34.5 Å². The van der Waals surface area contributed by atoms with Crippen LogP contribution in [0.2, 0.25) is 10.0 Å². The zero-order chi connectivity index (χ0) is 18.4. The summed E-state index contributed by atoms with van der Waals surface area (Å²) in [5.74, 6) is 0.175. The van der Waals surface area contributed by atoms with E-state index in [9.17, 15) is 4.79 Å². The SMILES string of the molecule is CCOC(=O)c1ccc(NCc2cc(Cl)c(OC(C)C)c(Cl)c2)cc1. The van der Waals surface area contributed by atoms with Gasteiger partial charge in [0.05, 0.1) is 28.3 Å². The molecule has 0 saturated carbocycles. The molecule has 0 aromatic heterocycles. The summed E-state index contributed by atoms with van der Waals surface area (Å²) in [4.78, 5) is 11.6. The van der Waals surface area contributed by atoms with Crippen molar-refractivity contribution in [3.05, 3.63) is 57.6 Å². The highest BCUT2D eigenvalue weighted by molar-refractivity contribution is 6.37. The van der Waals surface area contributed by atoms with E-state index in [1.807, 2.05) is 38.1 Å². The standard InChI is InChI=1S/C19H21Cl2NO3/c1-4-24-19(23)14-5-7-15(8-6-14)22-11-13-9-16(20)18(17(21)10-13)25-12(2)3/h5-10,12,22H,4,11H2,1-3H3. The van der Waals surface area contributed by atoms with Crippen LogP contribution in [-0.4, -0.2) is 18.7 Å². The fourth-order valence-electron chi connectivity index (χ4n) is 2.21. The largest absolute Gasteiger partial charge is 0.488 e. The highest BCUT2D eigenvalue weighted by atomic mass is 35.5. The molecule has 0 heterocycles. The Kier molecular flexibility index (Phi) is 6.97. The number of ether oxygens (including phenoxy) is 2. The quantitative estimate of drug-likeness (QED) is 0.636. The zero-order valence-electron chi connectivity index (χ0n) is 14.4. The number of carbonyl (C=O) groups is 1. The summed E-state index contributed by atoms with van der Waals surface area (Å²) in [6.07, 6.45) is -0.00288. The van der Waals surface area contributed by atoms with E-state index in [2.05, 4.69) is 5.32 Å². The van der Waals surface area contributed by atoms with Gasteiger partial charge in [-0.25, -0.2) is 4.79 Å². The first-order valence-electron chi connectivity index (χ1n) is 8.06. The van der Waals surface area contributed by atoms with Crippen molar-refractivity contribution in [2.24, 2.45) is 0 Å². The average molecular weight is 382 g/mol. The number of esters is 1. The monoisotopic (exact) mass is 381 g/mol. The molecule has 0 aliphatic carbocycles. The summed E-state index contributed by atoms with van der Waals surface area (Å²) >= 11 is 12.5. The minimum Gasteiger partial charge on any atom is -0.488 e. The number of hydrogen-bond donors (Lipinski definition) is 1. The molecule has 0 spiro atoms. The van der Waals surface area contributed by atoms with Gasteiger partial charge in [-0.05, 0) is 62.7 Å². The molecule has 6 heteroatoms. The Hall–Kier alpha value is -1.91. The first kappa shape index (κ1) is 19.4. The number of rotatable bonds is 7. The number of nitrogens with one attached hydrogen (secondary N) is 1. The molecule has 0 aliphatic rings. The Bertz CT molecular complexity index is 707. The van der Waals surface area contributed by atoms with Crippen LogP contribution >= 0.6 is 23.2 Å². The van der Waals surface area contributed by atoms with Crippen LogP contribution in [0.3, 0.4) is 0 Å². The molecule has 0 unspecified atom stereocenters. The first-order chi connectivity index (χ1) is 11.9. The lowest BCUT2D eigenvalue weighted by Gasteiger charge is -2.15. The predicted molar refractivity (Wildman–Crippen MR) is 102 cm³/mol. The van der Waals surface area contributed by atoms with Crippen LogP contribution in [-0.2, 0) is 11.3 Å². The summed E-state index contributed by atoms with van der Waals surface area (Å²) in [6, 6.07) is 10.7. The minimum absolute atomic E-state index is 0.00288. The number of halogens is 2. The fraction of sp³-hybridized carbons (Fsp3) is 0.316. The van der Waals surface area contributed by atoms with E-state index < -0.39 is 0 Å². The van der Waals surface area contributed by atoms with Gasteiger partial charge in [-0.3, -0.25) is 0 Å². The van der Waals surface area contributed by atoms with Crippen LogP contribution in [0.5, 0.6) is 5.75 Å². The van der Waals surface area contributed by atoms with Gasteiger partial charge in [-0.2, -0.15) is 0 Å². The van der Waals surface area contributed by atoms with E-state index >= 15 is 0 Å². The summed E-state index contributed by atoms with van der Waals surface area (Å²) in [5.41, 5.74) is 2.33. The molecule has 134 valence electrons. The highest BCUT2D eigenvalue weighted by Crippen LogP contribution is 2.35.